The van der Waals surface area contributed by atoms with Crippen LogP contribution in [0.4, 0.5) is 4.39 Å². The standard InChI is InChI=1S/C11H13FO/c1-3-5-9(2)13-11-7-4-6-10(12)8-11/h4-8H,3H2,1-2H3. The molecular weight excluding hydrogens is 167 g/mol. The highest BCUT2D eigenvalue weighted by Crippen LogP contribution is 2.14. The average Bonchev–Trinajstić information content (AvgIpc) is 2.04. The minimum Gasteiger partial charge on any atom is -0.462 e. The first-order valence-corrected chi connectivity index (χ1v) is 4.32. The first-order valence-electron chi connectivity index (χ1n) is 4.32. The first kappa shape index (κ1) is 9.78. The van der Waals surface area contributed by atoms with Crippen molar-refractivity contribution >= 4 is 0 Å². The van der Waals surface area contributed by atoms with Gasteiger partial charge in [0.1, 0.15) is 11.6 Å². The third-order valence-corrected chi connectivity index (χ3v) is 1.57. The summed E-state index contributed by atoms with van der Waals surface area (Å²) >= 11 is 0. The van der Waals surface area contributed by atoms with E-state index in [-0.39, 0.29) is 5.82 Å². The van der Waals surface area contributed by atoms with Crippen LogP contribution in [0.25, 0.3) is 0 Å². The maximum Gasteiger partial charge on any atom is 0.129 e. The Balaban J connectivity index is 2.69. The molecule has 0 unspecified atom stereocenters. The van der Waals surface area contributed by atoms with Gasteiger partial charge in [0.05, 0.1) is 5.76 Å². The van der Waals surface area contributed by atoms with Crippen LogP contribution >= 0.6 is 0 Å². The molecule has 0 radical (unpaired) electrons. The molecule has 1 nitrogen and oxygen atoms in total. The molecule has 2 heteroatoms. The molecule has 0 saturated heterocycles. The normalized spacial score (nSPS) is 11.5. The molecule has 13 heavy (non-hydrogen) atoms. The number of ether oxygens (including phenoxy) is 1. The largest absolute Gasteiger partial charge is 0.462 e. The summed E-state index contributed by atoms with van der Waals surface area (Å²) in [5.41, 5.74) is 0. The molecule has 0 heterocycles. The van der Waals surface area contributed by atoms with E-state index in [1.165, 1.54) is 12.1 Å². The molecule has 70 valence electrons. The second-order valence-electron chi connectivity index (χ2n) is 2.78. The summed E-state index contributed by atoms with van der Waals surface area (Å²) in [4.78, 5) is 0. The van der Waals surface area contributed by atoms with Gasteiger partial charge in [0, 0.05) is 6.07 Å². The van der Waals surface area contributed by atoms with Crippen molar-refractivity contribution in [2.24, 2.45) is 0 Å². The van der Waals surface area contributed by atoms with Crippen LogP contribution in [0.3, 0.4) is 0 Å². The van der Waals surface area contributed by atoms with E-state index in [1.807, 2.05) is 19.9 Å². The molecule has 0 aliphatic carbocycles. The van der Waals surface area contributed by atoms with E-state index < -0.39 is 0 Å². The molecule has 1 aromatic rings. The summed E-state index contributed by atoms with van der Waals surface area (Å²) < 4.78 is 18.1. The third kappa shape index (κ3) is 3.28. The molecule has 0 bridgehead atoms. The molecule has 0 saturated carbocycles. The average molecular weight is 180 g/mol. The van der Waals surface area contributed by atoms with Gasteiger partial charge < -0.3 is 4.74 Å². The van der Waals surface area contributed by atoms with E-state index in [2.05, 4.69) is 0 Å². The van der Waals surface area contributed by atoms with Crippen molar-refractivity contribution in [3.05, 3.63) is 41.9 Å². The Bertz CT molecular complexity index is 305. The van der Waals surface area contributed by atoms with Crippen LogP contribution in [0.2, 0.25) is 0 Å². The summed E-state index contributed by atoms with van der Waals surface area (Å²) in [7, 11) is 0. The van der Waals surface area contributed by atoms with Crippen LogP contribution in [-0.2, 0) is 0 Å². The lowest BCUT2D eigenvalue weighted by Crippen LogP contribution is -1.90. The molecular formula is C11H13FO. The molecule has 1 rings (SSSR count). The number of halogens is 1. The number of hydrogen-bond donors (Lipinski definition) is 0. The lowest BCUT2D eigenvalue weighted by atomic mass is 10.3. The van der Waals surface area contributed by atoms with E-state index in [9.17, 15) is 4.39 Å². The molecule has 0 atom stereocenters. The highest BCUT2D eigenvalue weighted by molar-refractivity contribution is 5.24. The Labute approximate surface area is 77.8 Å². The van der Waals surface area contributed by atoms with Gasteiger partial charge >= 0.3 is 0 Å². The zero-order valence-corrected chi connectivity index (χ0v) is 7.88. The molecule has 0 aliphatic heterocycles. The van der Waals surface area contributed by atoms with Crippen LogP contribution in [0.15, 0.2) is 36.1 Å². The van der Waals surface area contributed by atoms with Gasteiger partial charge in [-0.05, 0) is 31.6 Å². The van der Waals surface area contributed by atoms with E-state index in [0.29, 0.717) is 5.75 Å². The molecule has 0 aromatic heterocycles. The summed E-state index contributed by atoms with van der Waals surface area (Å²) in [6.07, 6.45) is 2.87. The molecule has 1 aromatic carbocycles. The van der Waals surface area contributed by atoms with Gasteiger partial charge in [-0.3, -0.25) is 0 Å². The summed E-state index contributed by atoms with van der Waals surface area (Å²) in [5, 5.41) is 0. The van der Waals surface area contributed by atoms with Crippen molar-refractivity contribution in [2.75, 3.05) is 0 Å². The fourth-order valence-electron chi connectivity index (χ4n) is 1.05. The smallest absolute Gasteiger partial charge is 0.129 e. The SMILES string of the molecule is CCC=C(C)Oc1cccc(F)c1. The molecule has 0 aliphatic rings. The highest BCUT2D eigenvalue weighted by Gasteiger charge is 1.96. The van der Waals surface area contributed by atoms with Crippen LogP contribution in [0, 0.1) is 5.82 Å². The van der Waals surface area contributed by atoms with Crippen LogP contribution in [0.1, 0.15) is 20.3 Å². The topological polar surface area (TPSA) is 9.23 Å². The van der Waals surface area contributed by atoms with Crippen molar-refractivity contribution in [1.82, 2.24) is 0 Å². The molecule has 0 N–H and O–H groups in total. The van der Waals surface area contributed by atoms with Gasteiger partial charge in [-0.15, -0.1) is 0 Å². The lowest BCUT2D eigenvalue weighted by Gasteiger charge is -2.04. The van der Waals surface area contributed by atoms with Crippen molar-refractivity contribution in [3.8, 4) is 5.75 Å². The van der Waals surface area contributed by atoms with Crippen LogP contribution in [-0.4, -0.2) is 0 Å². The fraction of sp³-hybridized carbons (Fsp3) is 0.273. The number of allylic oxidation sites excluding steroid dienone is 2. The predicted octanol–water partition coefficient (Wildman–Crippen LogP) is 3.52. The summed E-state index contributed by atoms with van der Waals surface area (Å²) in [5.74, 6) is 1.07. The number of rotatable bonds is 3. The van der Waals surface area contributed by atoms with Gasteiger partial charge in [0.25, 0.3) is 0 Å². The Morgan fingerprint density at radius 1 is 1.54 bits per heavy atom. The third-order valence-electron chi connectivity index (χ3n) is 1.57. The first-order chi connectivity index (χ1) is 6.22. The Kier molecular flexibility index (Phi) is 3.50. The van der Waals surface area contributed by atoms with Crippen molar-refractivity contribution < 1.29 is 9.13 Å². The summed E-state index contributed by atoms with van der Waals surface area (Å²) in [6, 6.07) is 6.12. The zero-order valence-electron chi connectivity index (χ0n) is 7.88. The van der Waals surface area contributed by atoms with Gasteiger partial charge in [0.15, 0.2) is 0 Å². The predicted molar refractivity (Wildman–Crippen MR) is 51.1 cm³/mol. The van der Waals surface area contributed by atoms with Gasteiger partial charge in [0.2, 0.25) is 0 Å². The highest BCUT2D eigenvalue weighted by atomic mass is 19.1. The minimum absolute atomic E-state index is 0.276. The fourth-order valence-corrected chi connectivity index (χ4v) is 1.05. The van der Waals surface area contributed by atoms with Crippen molar-refractivity contribution in [2.45, 2.75) is 20.3 Å². The maximum atomic E-state index is 12.7. The lowest BCUT2D eigenvalue weighted by molar-refractivity contribution is 0.422. The Morgan fingerprint density at radius 3 is 2.92 bits per heavy atom. The number of benzene rings is 1. The number of hydrogen-bond acceptors (Lipinski definition) is 1. The van der Waals surface area contributed by atoms with E-state index in [4.69, 9.17) is 4.74 Å². The van der Waals surface area contributed by atoms with Crippen molar-refractivity contribution in [1.29, 1.82) is 0 Å². The van der Waals surface area contributed by atoms with E-state index in [0.717, 1.165) is 12.2 Å². The molecule has 0 fully saturated rings. The summed E-state index contributed by atoms with van der Waals surface area (Å²) in [6.45, 7) is 3.88. The van der Waals surface area contributed by atoms with Gasteiger partial charge in [-0.2, -0.15) is 0 Å². The van der Waals surface area contributed by atoms with Gasteiger partial charge in [-0.1, -0.05) is 13.0 Å². The zero-order chi connectivity index (χ0) is 9.68. The molecule has 0 amide bonds. The van der Waals surface area contributed by atoms with Crippen LogP contribution < -0.4 is 4.74 Å². The maximum absolute atomic E-state index is 12.7. The molecule has 0 spiro atoms. The minimum atomic E-state index is -0.276. The van der Waals surface area contributed by atoms with Crippen LogP contribution in [0.5, 0.6) is 5.75 Å². The quantitative estimate of drug-likeness (QED) is 0.647. The Morgan fingerprint density at radius 2 is 2.31 bits per heavy atom. The Hall–Kier alpha value is -1.31. The van der Waals surface area contributed by atoms with E-state index in [1.54, 1.807) is 12.1 Å². The second kappa shape index (κ2) is 4.65. The van der Waals surface area contributed by atoms with E-state index >= 15 is 0 Å². The monoisotopic (exact) mass is 180 g/mol. The van der Waals surface area contributed by atoms with Gasteiger partial charge in [-0.25, -0.2) is 4.39 Å². The second-order valence-corrected chi connectivity index (χ2v) is 2.78. The van der Waals surface area contributed by atoms with Crippen molar-refractivity contribution in [3.63, 3.8) is 0 Å².